The van der Waals surface area contributed by atoms with Crippen molar-refractivity contribution in [3.8, 4) is 11.5 Å². The Morgan fingerprint density at radius 2 is 1.82 bits per heavy atom. The van der Waals surface area contributed by atoms with E-state index in [9.17, 15) is 9.18 Å². The van der Waals surface area contributed by atoms with Crippen molar-refractivity contribution in [3.63, 3.8) is 0 Å². The lowest BCUT2D eigenvalue weighted by Gasteiger charge is -2.31. The number of urea groups is 1. The average Bonchev–Trinajstić information content (AvgIpc) is 3.47. The first-order valence-corrected chi connectivity index (χ1v) is 12.7. The number of carbonyl (C=O) groups is 1. The molecule has 0 bridgehead atoms. The van der Waals surface area contributed by atoms with Crippen LogP contribution in [0.2, 0.25) is 5.02 Å². The molecule has 0 fully saturated rings. The van der Waals surface area contributed by atoms with Crippen molar-refractivity contribution in [1.29, 1.82) is 0 Å². The molecule has 0 spiro atoms. The van der Waals surface area contributed by atoms with E-state index in [1.165, 1.54) is 12.1 Å². The van der Waals surface area contributed by atoms with Gasteiger partial charge in [0.2, 0.25) is 0 Å². The van der Waals surface area contributed by atoms with Crippen LogP contribution in [0.4, 0.5) is 14.9 Å². The Morgan fingerprint density at radius 3 is 2.58 bits per heavy atom. The summed E-state index contributed by atoms with van der Waals surface area (Å²) in [4.78, 5) is 15.7. The van der Waals surface area contributed by atoms with Gasteiger partial charge in [-0.1, -0.05) is 48.0 Å². The molecule has 1 aliphatic heterocycles. The quantitative estimate of drug-likeness (QED) is 0.270. The lowest BCUT2D eigenvalue weighted by molar-refractivity contribution is 0.194. The zero-order chi connectivity index (χ0) is 26.4. The van der Waals surface area contributed by atoms with Crippen LogP contribution in [0, 0.1) is 19.7 Å². The smallest absolute Gasteiger partial charge is 0.308 e. The molecule has 0 saturated carbocycles. The van der Waals surface area contributed by atoms with Crippen molar-refractivity contribution in [2.45, 2.75) is 26.4 Å². The van der Waals surface area contributed by atoms with Crippen LogP contribution in [-0.2, 0) is 6.54 Å². The Morgan fingerprint density at radius 1 is 1.00 bits per heavy atom. The van der Waals surface area contributed by atoms with Gasteiger partial charge in [-0.3, -0.25) is 0 Å². The summed E-state index contributed by atoms with van der Waals surface area (Å²) in [6.45, 7) is 4.12. The number of fused-ring (bicyclic) bond motifs is 3. The fourth-order valence-electron chi connectivity index (χ4n) is 5.04. The monoisotopic (exact) mass is 525 g/mol. The third-order valence-corrected chi connectivity index (χ3v) is 7.34. The first-order chi connectivity index (χ1) is 18.4. The van der Waals surface area contributed by atoms with Crippen molar-refractivity contribution in [2.75, 3.05) is 5.32 Å². The Bertz CT molecular complexity index is 1660. The van der Waals surface area contributed by atoms with E-state index in [1.807, 2.05) is 90.0 Å². The maximum atomic E-state index is 14.5. The van der Waals surface area contributed by atoms with E-state index >= 15 is 0 Å². The molecule has 190 valence electrons. The topological polar surface area (TPSA) is 55.1 Å². The number of amides is 2. The highest BCUT2D eigenvalue weighted by molar-refractivity contribution is 6.31. The van der Waals surface area contributed by atoms with Crippen LogP contribution in [0.1, 0.15) is 34.1 Å². The van der Waals surface area contributed by atoms with Crippen LogP contribution < -0.4 is 5.32 Å². The highest BCUT2D eigenvalue weighted by atomic mass is 35.5. The molecule has 8 heteroatoms. The van der Waals surface area contributed by atoms with Crippen molar-refractivity contribution in [2.24, 2.45) is 0 Å². The van der Waals surface area contributed by atoms with Gasteiger partial charge in [0.15, 0.2) is 0 Å². The van der Waals surface area contributed by atoms with Gasteiger partial charge in [0, 0.05) is 22.5 Å². The molecule has 0 aliphatic carbocycles. The largest absolute Gasteiger partial charge is 0.322 e. The first-order valence-electron chi connectivity index (χ1n) is 12.3. The fraction of sp³-hybridized carbons (Fsp3) is 0.133. The number of halogens is 2. The number of para-hydroxylation sites is 1. The number of anilines is 1. The summed E-state index contributed by atoms with van der Waals surface area (Å²) in [6.07, 6.45) is 1.96. The zero-order valence-electron chi connectivity index (χ0n) is 20.9. The zero-order valence-corrected chi connectivity index (χ0v) is 21.7. The minimum absolute atomic E-state index is 0.266. The molecule has 6 rings (SSSR count). The van der Waals surface area contributed by atoms with Crippen LogP contribution in [0.5, 0.6) is 0 Å². The fourth-order valence-corrected chi connectivity index (χ4v) is 5.22. The second-order valence-electron chi connectivity index (χ2n) is 9.42. The van der Waals surface area contributed by atoms with Gasteiger partial charge in [0.05, 0.1) is 29.7 Å². The van der Waals surface area contributed by atoms with Gasteiger partial charge in [-0.2, -0.15) is 5.10 Å². The predicted molar refractivity (Wildman–Crippen MR) is 147 cm³/mol. The minimum atomic E-state index is -0.558. The minimum Gasteiger partial charge on any atom is -0.308 e. The van der Waals surface area contributed by atoms with Gasteiger partial charge in [-0.25, -0.2) is 13.9 Å². The number of aromatic nitrogens is 3. The van der Waals surface area contributed by atoms with Gasteiger partial charge in [-0.05, 0) is 73.5 Å². The van der Waals surface area contributed by atoms with E-state index in [4.69, 9.17) is 16.7 Å². The van der Waals surface area contributed by atoms with Gasteiger partial charge in [0.25, 0.3) is 0 Å². The number of carbonyl (C=O) groups excluding carboxylic acids is 1. The number of aryl methyl sites for hydroxylation is 2. The van der Waals surface area contributed by atoms with Crippen LogP contribution in [0.15, 0.2) is 91.1 Å². The van der Waals surface area contributed by atoms with E-state index in [0.717, 1.165) is 34.0 Å². The number of nitrogens with one attached hydrogen (secondary N) is 1. The average molecular weight is 526 g/mol. The van der Waals surface area contributed by atoms with Crippen LogP contribution >= 0.6 is 11.6 Å². The van der Waals surface area contributed by atoms with Crippen LogP contribution in [-0.4, -0.2) is 25.3 Å². The van der Waals surface area contributed by atoms with Gasteiger partial charge in [-0.15, -0.1) is 0 Å². The third-order valence-electron chi connectivity index (χ3n) is 6.94. The molecule has 0 saturated heterocycles. The Hall–Kier alpha value is -4.36. The molecule has 1 N–H and O–H groups in total. The second-order valence-corrected chi connectivity index (χ2v) is 9.82. The van der Waals surface area contributed by atoms with E-state index in [0.29, 0.717) is 16.3 Å². The Kier molecular flexibility index (Phi) is 6.00. The Labute approximate surface area is 224 Å². The lowest BCUT2D eigenvalue weighted by atomic mass is 10.0. The molecular formula is C30H25ClFN5O. The van der Waals surface area contributed by atoms with Crippen LogP contribution in [0.3, 0.4) is 0 Å². The first kappa shape index (κ1) is 24.0. The Balaban J connectivity index is 1.53. The molecule has 3 aromatic carbocycles. The van der Waals surface area contributed by atoms with E-state index in [1.54, 1.807) is 17.0 Å². The number of nitrogens with zero attached hydrogens (tertiary/aromatic N) is 4. The number of rotatable bonds is 3. The summed E-state index contributed by atoms with van der Waals surface area (Å²) in [5.41, 5.74) is 5.61. The molecule has 6 nitrogen and oxygen atoms in total. The molecule has 0 unspecified atom stereocenters. The molecule has 38 heavy (non-hydrogen) atoms. The van der Waals surface area contributed by atoms with Gasteiger partial charge < -0.3 is 14.8 Å². The number of benzene rings is 3. The van der Waals surface area contributed by atoms with E-state index < -0.39 is 6.04 Å². The van der Waals surface area contributed by atoms with Crippen molar-refractivity contribution in [3.05, 3.63) is 130 Å². The van der Waals surface area contributed by atoms with E-state index in [-0.39, 0.29) is 18.4 Å². The molecule has 0 radical (unpaired) electrons. The highest BCUT2D eigenvalue weighted by Gasteiger charge is 2.36. The molecule has 2 aromatic heterocycles. The summed E-state index contributed by atoms with van der Waals surface area (Å²) in [6, 6.07) is 24.7. The summed E-state index contributed by atoms with van der Waals surface area (Å²) in [7, 11) is 0. The lowest BCUT2D eigenvalue weighted by Crippen LogP contribution is -2.38. The molecule has 1 atom stereocenters. The third kappa shape index (κ3) is 4.15. The standard InChI is InChI=1S/C30H25ClFN5O/c1-19-13-14-23(17-26(19)31)33-30(38)36-18-25-20(2)34-37(24-10-4-3-5-11-24)29(25)35-15-7-12-27(35)28(36)21-8-6-9-22(32)16-21/h3-17,28H,18H2,1-2H3,(H,33,38)/t28-/m0/s1. The molecule has 1 aliphatic rings. The summed E-state index contributed by atoms with van der Waals surface area (Å²) in [5, 5.41) is 8.43. The van der Waals surface area contributed by atoms with Crippen molar-refractivity contribution >= 4 is 23.3 Å². The molecule has 3 heterocycles. The number of hydrogen-bond donors (Lipinski definition) is 1. The second kappa shape index (κ2) is 9.50. The SMILES string of the molecule is Cc1ccc(NC(=O)N2Cc3c(C)nn(-c4ccccc4)c3-n3cccc3[C@@H]2c2cccc(F)c2)cc1Cl. The van der Waals surface area contributed by atoms with Gasteiger partial charge in [0.1, 0.15) is 11.6 Å². The van der Waals surface area contributed by atoms with Gasteiger partial charge >= 0.3 is 6.03 Å². The molecular weight excluding hydrogens is 501 g/mol. The van der Waals surface area contributed by atoms with Crippen molar-refractivity contribution < 1.29 is 9.18 Å². The maximum Gasteiger partial charge on any atom is 0.322 e. The molecule has 2 amide bonds. The highest BCUT2D eigenvalue weighted by Crippen LogP contribution is 2.39. The maximum absolute atomic E-state index is 14.5. The van der Waals surface area contributed by atoms with Crippen LogP contribution in [0.25, 0.3) is 11.5 Å². The van der Waals surface area contributed by atoms with E-state index in [2.05, 4.69) is 5.32 Å². The molecule has 5 aromatic rings. The normalized spacial score (nSPS) is 14.5. The summed E-state index contributed by atoms with van der Waals surface area (Å²) < 4.78 is 18.4. The predicted octanol–water partition coefficient (Wildman–Crippen LogP) is 7.21. The van der Waals surface area contributed by atoms with Crippen molar-refractivity contribution in [1.82, 2.24) is 19.2 Å². The summed E-state index contributed by atoms with van der Waals surface area (Å²) >= 11 is 6.33. The summed E-state index contributed by atoms with van der Waals surface area (Å²) in [5.74, 6) is 0.489. The number of hydrogen-bond acceptors (Lipinski definition) is 2.